The Morgan fingerprint density at radius 3 is 2.56 bits per heavy atom. The van der Waals surface area contributed by atoms with Crippen LogP contribution in [0.4, 0.5) is 0 Å². The van der Waals surface area contributed by atoms with Crippen LogP contribution in [0.5, 0.6) is 0 Å². The summed E-state index contributed by atoms with van der Waals surface area (Å²) >= 11 is 0. The Bertz CT molecular complexity index is 880. The molecule has 1 aliphatic rings. The summed E-state index contributed by atoms with van der Waals surface area (Å²) in [5.74, 6) is -0.923. The molecule has 27 heavy (non-hydrogen) atoms. The number of carbonyl (C=O) groups excluding carboxylic acids is 2. The van der Waals surface area contributed by atoms with Crippen LogP contribution in [0.15, 0.2) is 46.6 Å². The number of amides is 1. The lowest BCUT2D eigenvalue weighted by atomic mass is 9.97. The molecular weight excluding hydrogens is 342 g/mol. The Labute approximate surface area is 159 Å². The summed E-state index contributed by atoms with van der Waals surface area (Å²) in [7, 11) is 0. The highest BCUT2D eigenvalue weighted by Gasteiger charge is 2.47. The second-order valence-corrected chi connectivity index (χ2v) is 7.01. The maximum atomic E-state index is 12.8. The molecule has 1 fully saturated rings. The van der Waals surface area contributed by atoms with E-state index in [1.807, 2.05) is 26.0 Å². The van der Waals surface area contributed by atoms with Crippen molar-refractivity contribution in [2.24, 2.45) is 0 Å². The number of carbonyl (C=O) groups is 2. The van der Waals surface area contributed by atoms with Gasteiger partial charge in [-0.1, -0.05) is 31.9 Å². The largest absolute Gasteiger partial charge is 0.507 e. The average molecular weight is 367 g/mol. The number of benzene rings is 1. The maximum absolute atomic E-state index is 12.8. The lowest BCUT2D eigenvalue weighted by molar-refractivity contribution is -0.140. The summed E-state index contributed by atoms with van der Waals surface area (Å²) in [5, 5.41) is 10.9. The first kappa shape index (κ1) is 19.0. The molecule has 2 aromatic rings. The van der Waals surface area contributed by atoms with Crippen LogP contribution in [0, 0.1) is 13.8 Å². The number of furan rings is 1. The fourth-order valence-corrected chi connectivity index (χ4v) is 3.43. The van der Waals surface area contributed by atoms with E-state index in [9.17, 15) is 14.7 Å². The monoisotopic (exact) mass is 367 g/mol. The van der Waals surface area contributed by atoms with Gasteiger partial charge in [0.1, 0.15) is 17.6 Å². The van der Waals surface area contributed by atoms with E-state index < -0.39 is 17.7 Å². The van der Waals surface area contributed by atoms with E-state index in [0.717, 1.165) is 30.4 Å². The predicted molar refractivity (Wildman–Crippen MR) is 103 cm³/mol. The van der Waals surface area contributed by atoms with Crippen molar-refractivity contribution in [1.82, 2.24) is 4.90 Å². The zero-order valence-electron chi connectivity index (χ0n) is 16.0. The van der Waals surface area contributed by atoms with Crippen LogP contribution in [0.1, 0.15) is 54.7 Å². The van der Waals surface area contributed by atoms with Crippen molar-refractivity contribution < 1.29 is 19.1 Å². The van der Waals surface area contributed by atoms with E-state index in [-0.39, 0.29) is 11.3 Å². The third kappa shape index (κ3) is 3.54. The molecule has 5 nitrogen and oxygen atoms in total. The molecule has 1 saturated heterocycles. The quantitative estimate of drug-likeness (QED) is 0.353. The van der Waals surface area contributed by atoms with Crippen LogP contribution in [-0.4, -0.2) is 28.2 Å². The van der Waals surface area contributed by atoms with Crippen LogP contribution in [-0.2, 0) is 9.59 Å². The van der Waals surface area contributed by atoms with Crippen molar-refractivity contribution in [2.45, 2.75) is 46.1 Å². The summed E-state index contributed by atoms with van der Waals surface area (Å²) in [6, 6.07) is 8.24. The van der Waals surface area contributed by atoms with Crippen LogP contribution in [0.2, 0.25) is 0 Å². The highest BCUT2D eigenvalue weighted by atomic mass is 16.3. The lowest BCUT2D eigenvalue weighted by Crippen LogP contribution is -2.30. The molecule has 0 aliphatic carbocycles. The number of aliphatic hydroxyl groups excluding tert-OH is 1. The van der Waals surface area contributed by atoms with Crippen molar-refractivity contribution in [3.63, 3.8) is 0 Å². The molecule has 142 valence electrons. The average Bonchev–Trinajstić information content (AvgIpc) is 3.26. The van der Waals surface area contributed by atoms with Gasteiger partial charge in [0, 0.05) is 12.1 Å². The highest BCUT2D eigenvalue weighted by Crippen LogP contribution is 2.39. The number of aryl methyl sites for hydroxylation is 2. The van der Waals surface area contributed by atoms with E-state index in [2.05, 4.69) is 6.92 Å². The van der Waals surface area contributed by atoms with E-state index >= 15 is 0 Å². The van der Waals surface area contributed by atoms with Crippen molar-refractivity contribution in [1.29, 1.82) is 0 Å². The van der Waals surface area contributed by atoms with Crippen LogP contribution < -0.4 is 0 Å². The third-order valence-electron chi connectivity index (χ3n) is 5.14. The summed E-state index contributed by atoms with van der Waals surface area (Å²) in [5.41, 5.74) is 2.72. The topological polar surface area (TPSA) is 70.8 Å². The SMILES string of the molecule is CCCCCN1C(=O)C(=O)/C(=C(\O)c2ccc(C)c(C)c2)C1c1ccco1. The second kappa shape index (κ2) is 7.82. The summed E-state index contributed by atoms with van der Waals surface area (Å²) in [6.45, 7) is 6.46. The van der Waals surface area contributed by atoms with E-state index in [1.54, 1.807) is 18.2 Å². The number of aliphatic hydroxyl groups is 1. The molecule has 0 spiro atoms. The molecule has 0 radical (unpaired) electrons. The van der Waals surface area contributed by atoms with E-state index in [0.29, 0.717) is 17.9 Å². The second-order valence-electron chi connectivity index (χ2n) is 7.01. The highest BCUT2D eigenvalue weighted by molar-refractivity contribution is 6.46. The van der Waals surface area contributed by atoms with Crippen LogP contribution in [0.3, 0.4) is 0 Å². The van der Waals surface area contributed by atoms with Gasteiger partial charge in [0.25, 0.3) is 11.7 Å². The van der Waals surface area contributed by atoms with Gasteiger partial charge < -0.3 is 14.4 Å². The smallest absolute Gasteiger partial charge is 0.295 e. The van der Waals surface area contributed by atoms with Crippen LogP contribution >= 0.6 is 0 Å². The number of nitrogens with zero attached hydrogens (tertiary/aromatic N) is 1. The van der Waals surface area contributed by atoms with Crippen molar-refractivity contribution in [3.8, 4) is 0 Å². The molecule has 1 amide bonds. The summed E-state index contributed by atoms with van der Waals surface area (Å²) in [4.78, 5) is 26.9. The Morgan fingerprint density at radius 2 is 1.93 bits per heavy atom. The Balaban J connectivity index is 2.09. The number of hydrogen-bond acceptors (Lipinski definition) is 4. The zero-order chi connectivity index (χ0) is 19.6. The van der Waals surface area contributed by atoms with Gasteiger partial charge >= 0.3 is 0 Å². The first-order chi connectivity index (χ1) is 13.0. The third-order valence-corrected chi connectivity index (χ3v) is 5.14. The molecule has 1 aromatic carbocycles. The number of rotatable bonds is 6. The van der Waals surface area contributed by atoms with Gasteiger partial charge in [0.2, 0.25) is 0 Å². The zero-order valence-corrected chi connectivity index (χ0v) is 16.0. The van der Waals surface area contributed by atoms with Crippen molar-refractivity contribution >= 4 is 17.4 Å². The van der Waals surface area contributed by atoms with Gasteiger partial charge in [-0.25, -0.2) is 0 Å². The van der Waals surface area contributed by atoms with Gasteiger partial charge in [0.05, 0.1) is 11.8 Å². The van der Waals surface area contributed by atoms with Gasteiger partial charge in [-0.2, -0.15) is 0 Å². The predicted octanol–water partition coefficient (Wildman–Crippen LogP) is 4.51. The fraction of sp³-hybridized carbons (Fsp3) is 0.364. The van der Waals surface area contributed by atoms with Gasteiger partial charge in [0.15, 0.2) is 0 Å². The first-order valence-electron chi connectivity index (χ1n) is 9.35. The molecule has 1 atom stereocenters. The Kier molecular flexibility index (Phi) is 5.49. The molecule has 1 aliphatic heterocycles. The first-order valence-corrected chi connectivity index (χ1v) is 9.35. The molecule has 1 aromatic heterocycles. The van der Waals surface area contributed by atoms with Crippen molar-refractivity contribution in [3.05, 3.63) is 64.6 Å². The van der Waals surface area contributed by atoms with Gasteiger partial charge in [-0.15, -0.1) is 0 Å². The minimum Gasteiger partial charge on any atom is -0.507 e. The molecule has 1 unspecified atom stereocenters. The summed E-state index contributed by atoms with van der Waals surface area (Å²) < 4.78 is 5.52. The Morgan fingerprint density at radius 1 is 1.15 bits per heavy atom. The minimum atomic E-state index is -0.696. The molecule has 0 saturated carbocycles. The molecule has 3 rings (SSSR count). The molecule has 5 heteroatoms. The van der Waals surface area contributed by atoms with E-state index in [1.165, 1.54) is 11.2 Å². The number of ketones is 1. The molecular formula is C22H25NO4. The number of unbranched alkanes of at least 4 members (excludes halogenated alkanes) is 2. The normalized spacial score (nSPS) is 19.1. The molecule has 0 bridgehead atoms. The molecule has 1 N–H and O–H groups in total. The van der Waals surface area contributed by atoms with Gasteiger partial charge in [-0.3, -0.25) is 9.59 Å². The van der Waals surface area contributed by atoms with E-state index in [4.69, 9.17) is 4.42 Å². The summed E-state index contributed by atoms with van der Waals surface area (Å²) in [6.07, 6.45) is 4.28. The number of Topliss-reactive ketones (excluding diaryl/α,β-unsaturated/α-hetero) is 1. The number of likely N-dealkylation sites (tertiary alicyclic amines) is 1. The lowest BCUT2D eigenvalue weighted by Gasteiger charge is -2.23. The van der Waals surface area contributed by atoms with Crippen LogP contribution in [0.25, 0.3) is 5.76 Å². The molecule has 2 heterocycles. The van der Waals surface area contributed by atoms with Gasteiger partial charge in [-0.05, 0) is 49.6 Å². The number of hydrogen-bond donors (Lipinski definition) is 1. The standard InChI is InChI=1S/C22H25NO4/c1-4-5-6-11-23-19(17-8-7-12-27-17)18(21(25)22(23)26)20(24)16-10-9-14(2)15(3)13-16/h7-10,12-13,19,24H,4-6,11H2,1-3H3/b20-18-. The van der Waals surface area contributed by atoms with Crippen molar-refractivity contribution in [2.75, 3.05) is 6.54 Å². The fourth-order valence-electron chi connectivity index (χ4n) is 3.43. The Hall–Kier alpha value is -2.82. The maximum Gasteiger partial charge on any atom is 0.295 e. The minimum absolute atomic E-state index is 0.0923.